The highest BCUT2D eigenvalue weighted by atomic mass is 16.5. The Bertz CT molecular complexity index is 1510. The summed E-state index contributed by atoms with van der Waals surface area (Å²) < 4.78 is 8.13. The van der Waals surface area contributed by atoms with Gasteiger partial charge >= 0.3 is 5.97 Å². The summed E-state index contributed by atoms with van der Waals surface area (Å²) in [6, 6.07) is 2.19. The molecule has 0 amide bonds. The van der Waals surface area contributed by atoms with Crippen molar-refractivity contribution in [2.24, 2.45) is 50.2 Å². The highest BCUT2D eigenvalue weighted by molar-refractivity contribution is 6.04. The predicted octanol–water partition coefficient (Wildman–Crippen LogP) is 7.43. The van der Waals surface area contributed by atoms with Crippen molar-refractivity contribution >= 4 is 17.5 Å². The average Bonchev–Trinajstić information content (AvgIpc) is 3.49. The Morgan fingerprint density at radius 1 is 1.04 bits per heavy atom. The number of rotatable bonds is 6. The van der Waals surface area contributed by atoms with Crippen LogP contribution in [0.1, 0.15) is 106 Å². The maximum atomic E-state index is 14.7. The number of carbonyl (C=O) groups is 3. The Kier molecular flexibility index (Phi) is 7.46. The van der Waals surface area contributed by atoms with Crippen LogP contribution in [0.5, 0.6) is 0 Å². The first-order chi connectivity index (χ1) is 21.1. The third-order valence-corrected chi connectivity index (χ3v) is 13.9. The molecule has 0 aliphatic heterocycles. The number of carbonyl (C=O) groups excluding carboxylic acids is 3. The van der Waals surface area contributed by atoms with Gasteiger partial charge < -0.3 is 9.30 Å². The van der Waals surface area contributed by atoms with E-state index in [1.54, 1.807) is 12.5 Å². The molecule has 1 aromatic rings. The SMILES string of the molecule is CC1(C)CC[C@]2(C(=O)OCCCCn3ccnc3)CC[C@]3(C)[C@H](C(=O)C=C4[C@@]5(C)C=C(C#N)C(=O)C(C)(C)[C@@H]5CC[C@]43C)[C@@H]2C1. The van der Waals surface area contributed by atoms with Crippen molar-refractivity contribution < 1.29 is 19.1 Å². The molecule has 0 aromatic carbocycles. The molecule has 7 heteroatoms. The molecule has 3 saturated carbocycles. The number of allylic oxidation sites excluding steroid dienone is 4. The number of ketones is 2. The highest BCUT2D eigenvalue weighted by Gasteiger charge is 2.71. The maximum absolute atomic E-state index is 14.7. The molecule has 0 N–H and O–H groups in total. The quantitative estimate of drug-likeness (QED) is 0.244. The van der Waals surface area contributed by atoms with E-state index in [1.165, 1.54) is 0 Å². The molecule has 242 valence electrons. The number of nitriles is 1. The van der Waals surface area contributed by atoms with Gasteiger partial charge in [-0.3, -0.25) is 14.4 Å². The number of aryl methyl sites for hydroxylation is 1. The Labute approximate surface area is 268 Å². The minimum absolute atomic E-state index is 0.0157. The van der Waals surface area contributed by atoms with E-state index in [4.69, 9.17) is 4.74 Å². The van der Waals surface area contributed by atoms with Crippen LogP contribution in [0, 0.1) is 61.6 Å². The third kappa shape index (κ3) is 4.55. The molecule has 5 aliphatic carbocycles. The van der Waals surface area contributed by atoms with Gasteiger partial charge in [0.15, 0.2) is 11.6 Å². The van der Waals surface area contributed by atoms with Gasteiger partial charge in [0.25, 0.3) is 0 Å². The van der Waals surface area contributed by atoms with Crippen molar-refractivity contribution in [3.63, 3.8) is 0 Å². The fraction of sp³-hybridized carbons (Fsp3) is 0.711. The number of ether oxygens (including phenoxy) is 1. The third-order valence-electron chi connectivity index (χ3n) is 13.9. The minimum atomic E-state index is -0.685. The molecule has 1 aromatic heterocycles. The lowest BCUT2D eigenvalue weighted by Gasteiger charge is -2.68. The Morgan fingerprint density at radius 2 is 1.78 bits per heavy atom. The first-order valence-electron chi connectivity index (χ1n) is 17.1. The molecule has 5 aliphatic rings. The van der Waals surface area contributed by atoms with Gasteiger partial charge in [-0.15, -0.1) is 0 Å². The van der Waals surface area contributed by atoms with E-state index in [-0.39, 0.29) is 57.1 Å². The number of hydrogen-bond acceptors (Lipinski definition) is 6. The number of nitrogens with zero attached hydrogens (tertiary/aromatic N) is 3. The van der Waals surface area contributed by atoms with E-state index in [9.17, 15) is 19.6 Å². The van der Waals surface area contributed by atoms with Gasteiger partial charge in [-0.2, -0.15) is 5.26 Å². The Hall–Kier alpha value is -3.01. The molecular formula is C38H51N3O4. The van der Waals surface area contributed by atoms with E-state index in [2.05, 4.69) is 45.7 Å². The number of fused-ring (bicyclic) bond motifs is 7. The lowest BCUT2D eigenvalue weighted by atomic mass is 9.34. The number of unbranched alkanes of at least 4 members (excludes halogenated alkanes) is 1. The second-order valence-electron chi connectivity index (χ2n) is 17.1. The lowest BCUT2D eigenvalue weighted by molar-refractivity contribution is -0.193. The van der Waals surface area contributed by atoms with Gasteiger partial charge in [-0.05, 0) is 91.9 Å². The van der Waals surface area contributed by atoms with Crippen molar-refractivity contribution in [1.29, 1.82) is 5.26 Å². The van der Waals surface area contributed by atoms with Crippen LogP contribution in [0.2, 0.25) is 0 Å². The van der Waals surface area contributed by atoms with Crippen molar-refractivity contribution in [2.45, 2.75) is 113 Å². The van der Waals surface area contributed by atoms with E-state index in [1.807, 2.05) is 36.8 Å². The zero-order valence-electron chi connectivity index (χ0n) is 28.4. The summed E-state index contributed by atoms with van der Waals surface area (Å²) in [7, 11) is 0. The fourth-order valence-corrected chi connectivity index (χ4v) is 11.1. The molecule has 1 heterocycles. The van der Waals surface area contributed by atoms with E-state index >= 15 is 0 Å². The normalized spacial score (nSPS) is 39.6. The van der Waals surface area contributed by atoms with Crippen molar-refractivity contribution in [3.8, 4) is 6.07 Å². The van der Waals surface area contributed by atoms with Gasteiger partial charge in [-0.1, -0.05) is 60.1 Å². The summed E-state index contributed by atoms with van der Waals surface area (Å²) in [5.41, 5.74) is -1.19. The number of Topliss-reactive ketones (excluding diaryl/α,β-unsaturated/α-hetero) is 1. The minimum Gasteiger partial charge on any atom is -0.465 e. The summed E-state index contributed by atoms with van der Waals surface area (Å²) in [4.78, 5) is 46.3. The van der Waals surface area contributed by atoms with E-state index in [0.717, 1.165) is 69.9 Å². The molecule has 7 atom stereocenters. The van der Waals surface area contributed by atoms with Crippen molar-refractivity contribution in [1.82, 2.24) is 9.55 Å². The van der Waals surface area contributed by atoms with Crippen LogP contribution in [0.15, 0.2) is 42.0 Å². The Balaban J connectivity index is 1.34. The summed E-state index contributed by atoms with van der Waals surface area (Å²) >= 11 is 0. The second kappa shape index (κ2) is 10.5. The van der Waals surface area contributed by atoms with E-state index < -0.39 is 16.2 Å². The summed E-state index contributed by atoms with van der Waals surface area (Å²) in [5, 5.41) is 9.97. The van der Waals surface area contributed by atoms with Crippen molar-refractivity contribution in [2.75, 3.05) is 6.61 Å². The number of imidazole rings is 1. The molecule has 0 bridgehead atoms. The maximum Gasteiger partial charge on any atom is 0.312 e. The first-order valence-corrected chi connectivity index (χ1v) is 17.1. The van der Waals surface area contributed by atoms with Gasteiger partial charge in [0, 0.05) is 35.7 Å². The molecule has 3 fully saturated rings. The zero-order chi connectivity index (χ0) is 32.6. The first kappa shape index (κ1) is 32.0. The molecular weight excluding hydrogens is 562 g/mol. The van der Waals surface area contributed by atoms with Gasteiger partial charge in [0.05, 0.1) is 23.9 Å². The molecule has 0 unspecified atom stereocenters. The van der Waals surface area contributed by atoms with E-state index in [0.29, 0.717) is 6.61 Å². The van der Waals surface area contributed by atoms with Crippen LogP contribution in [0.3, 0.4) is 0 Å². The highest BCUT2D eigenvalue weighted by Crippen LogP contribution is 2.74. The molecule has 0 radical (unpaired) electrons. The zero-order valence-corrected chi connectivity index (χ0v) is 28.4. The molecule has 45 heavy (non-hydrogen) atoms. The largest absolute Gasteiger partial charge is 0.465 e. The number of hydrogen-bond donors (Lipinski definition) is 0. The molecule has 0 spiro atoms. The predicted molar refractivity (Wildman–Crippen MR) is 171 cm³/mol. The smallest absolute Gasteiger partial charge is 0.312 e. The van der Waals surface area contributed by atoms with Gasteiger partial charge in [-0.25, -0.2) is 4.98 Å². The summed E-state index contributed by atoms with van der Waals surface area (Å²) in [6.07, 6.45) is 16.8. The summed E-state index contributed by atoms with van der Waals surface area (Å²) in [6.45, 7) is 16.6. The fourth-order valence-electron chi connectivity index (χ4n) is 11.1. The Morgan fingerprint density at radius 3 is 2.47 bits per heavy atom. The molecule has 7 nitrogen and oxygen atoms in total. The van der Waals surface area contributed by atoms with Crippen LogP contribution in [0.4, 0.5) is 0 Å². The van der Waals surface area contributed by atoms with Crippen LogP contribution in [0.25, 0.3) is 0 Å². The molecule has 6 rings (SSSR count). The van der Waals surface area contributed by atoms with Gasteiger partial charge in [0.1, 0.15) is 6.07 Å². The number of aromatic nitrogens is 2. The number of esters is 1. The van der Waals surface area contributed by atoms with Crippen molar-refractivity contribution in [3.05, 3.63) is 42.0 Å². The van der Waals surface area contributed by atoms with Crippen LogP contribution < -0.4 is 0 Å². The summed E-state index contributed by atoms with van der Waals surface area (Å²) in [5.74, 6) is -0.414. The second-order valence-corrected chi connectivity index (χ2v) is 17.1. The van der Waals surface area contributed by atoms with Crippen LogP contribution >= 0.6 is 0 Å². The standard InChI is InChI=1S/C38H51N3O4/c1-33(2)12-14-38(32(44)45-19-9-8-17-41-18-16-40-24-41)15-13-37(7)30(26(38)22-33)27(42)20-29-35(5)21-25(23-39)31(43)34(3,4)28(35)10-11-36(29,37)6/h16,18,20-21,24,26,28,30H,8-15,17,19,22H2,1-7H3/t26-,28-,30-,35-,36+,37+,38-/m0/s1. The van der Waals surface area contributed by atoms with Gasteiger partial charge in [0.2, 0.25) is 0 Å². The monoisotopic (exact) mass is 613 g/mol. The van der Waals surface area contributed by atoms with Crippen LogP contribution in [-0.4, -0.2) is 33.7 Å². The molecule has 0 saturated heterocycles. The van der Waals surface area contributed by atoms with Crippen LogP contribution in [-0.2, 0) is 25.7 Å². The average molecular weight is 614 g/mol. The lowest BCUT2D eigenvalue weighted by Crippen LogP contribution is -2.66. The topological polar surface area (TPSA) is 102 Å².